The largest absolute Gasteiger partial charge is 0.497 e. The highest BCUT2D eigenvalue weighted by atomic mass is 16.5. The number of rotatable bonds is 3. The minimum Gasteiger partial charge on any atom is -0.497 e. The predicted molar refractivity (Wildman–Crippen MR) is 59.5 cm³/mol. The van der Waals surface area contributed by atoms with Crippen LogP contribution in [0.3, 0.4) is 0 Å². The van der Waals surface area contributed by atoms with Crippen LogP contribution in [0.4, 0.5) is 0 Å². The van der Waals surface area contributed by atoms with Crippen molar-refractivity contribution in [2.24, 2.45) is 0 Å². The summed E-state index contributed by atoms with van der Waals surface area (Å²) in [4.78, 5) is 0. The van der Waals surface area contributed by atoms with Crippen molar-refractivity contribution in [1.82, 2.24) is 5.32 Å². The Labute approximate surface area is 90.4 Å². The van der Waals surface area contributed by atoms with Gasteiger partial charge in [0.05, 0.1) is 14.2 Å². The Morgan fingerprint density at radius 2 is 2.13 bits per heavy atom. The van der Waals surface area contributed by atoms with E-state index in [9.17, 15) is 0 Å². The molecular formula is C12H17NO2. The second-order valence-electron chi connectivity index (χ2n) is 3.76. The SMILES string of the molecule is COc1ccc(OC)c([C@H]2CCCN2)c1. The van der Waals surface area contributed by atoms with E-state index in [4.69, 9.17) is 9.47 Å². The Morgan fingerprint density at radius 1 is 1.27 bits per heavy atom. The summed E-state index contributed by atoms with van der Waals surface area (Å²) in [6, 6.07) is 6.36. The highest BCUT2D eigenvalue weighted by Crippen LogP contribution is 2.33. The molecule has 0 aromatic heterocycles. The van der Waals surface area contributed by atoms with Crippen molar-refractivity contribution in [3.63, 3.8) is 0 Å². The van der Waals surface area contributed by atoms with Crippen LogP contribution in [0.25, 0.3) is 0 Å². The first-order valence-electron chi connectivity index (χ1n) is 5.30. The lowest BCUT2D eigenvalue weighted by Crippen LogP contribution is -2.13. The molecule has 3 nitrogen and oxygen atoms in total. The lowest BCUT2D eigenvalue weighted by molar-refractivity contribution is 0.393. The third-order valence-electron chi connectivity index (χ3n) is 2.87. The van der Waals surface area contributed by atoms with E-state index >= 15 is 0 Å². The van der Waals surface area contributed by atoms with Crippen molar-refractivity contribution in [1.29, 1.82) is 0 Å². The summed E-state index contributed by atoms with van der Waals surface area (Å²) in [5.74, 6) is 1.83. The van der Waals surface area contributed by atoms with E-state index in [1.807, 2.05) is 12.1 Å². The fraction of sp³-hybridized carbons (Fsp3) is 0.500. The molecule has 1 aromatic carbocycles. The zero-order valence-electron chi connectivity index (χ0n) is 9.25. The molecule has 1 fully saturated rings. The van der Waals surface area contributed by atoms with Gasteiger partial charge in [-0.1, -0.05) is 0 Å². The maximum Gasteiger partial charge on any atom is 0.123 e. The molecule has 0 bridgehead atoms. The zero-order chi connectivity index (χ0) is 10.7. The first-order chi connectivity index (χ1) is 7.35. The van der Waals surface area contributed by atoms with Crippen molar-refractivity contribution in [3.05, 3.63) is 23.8 Å². The van der Waals surface area contributed by atoms with Gasteiger partial charge in [0.15, 0.2) is 0 Å². The molecule has 1 aliphatic rings. The van der Waals surface area contributed by atoms with Crippen LogP contribution in [0.1, 0.15) is 24.4 Å². The molecule has 0 amide bonds. The molecule has 3 heteroatoms. The fourth-order valence-electron chi connectivity index (χ4n) is 2.06. The Hall–Kier alpha value is -1.22. The summed E-state index contributed by atoms with van der Waals surface area (Å²) in [6.07, 6.45) is 2.40. The van der Waals surface area contributed by atoms with Crippen LogP contribution < -0.4 is 14.8 Å². The minimum atomic E-state index is 0.412. The van der Waals surface area contributed by atoms with Gasteiger partial charge in [0.25, 0.3) is 0 Å². The molecule has 82 valence electrons. The molecule has 0 spiro atoms. The van der Waals surface area contributed by atoms with Gasteiger partial charge in [-0.25, -0.2) is 0 Å². The Bertz CT molecular complexity index is 332. The summed E-state index contributed by atoms with van der Waals surface area (Å²) in [6.45, 7) is 1.09. The second kappa shape index (κ2) is 4.53. The second-order valence-corrected chi connectivity index (χ2v) is 3.76. The maximum atomic E-state index is 5.36. The van der Waals surface area contributed by atoms with Gasteiger partial charge in [0.2, 0.25) is 0 Å². The molecule has 1 heterocycles. The third kappa shape index (κ3) is 2.07. The summed E-state index contributed by atoms with van der Waals surface area (Å²) >= 11 is 0. The molecular weight excluding hydrogens is 190 g/mol. The molecule has 1 N–H and O–H groups in total. The standard InChI is InChI=1S/C12H17NO2/c1-14-9-5-6-12(15-2)10(8-9)11-4-3-7-13-11/h5-6,8,11,13H,3-4,7H2,1-2H3/t11-/m1/s1. The van der Waals surface area contributed by atoms with E-state index in [2.05, 4.69) is 11.4 Å². The van der Waals surface area contributed by atoms with Gasteiger partial charge >= 0.3 is 0 Å². The number of nitrogens with one attached hydrogen (secondary N) is 1. The summed E-state index contributed by atoms with van der Waals surface area (Å²) < 4.78 is 10.6. The monoisotopic (exact) mass is 207 g/mol. The first kappa shape index (κ1) is 10.3. The fourth-order valence-corrected chi connectivity index (χ4v) is 2.06. The van der Waals surface area contributed by atoms with Crippen LogP contribution in [0.2, 0.25) is 0 Å². The van der Waals surface area contributed by atoms with Crippen molar-refractivity contribution < 1.29 is 9.47 Å². The Morgan fingerprint density at radius 3 is 2.73 bits per heavy atom. The first-order valence-corrected chi connectivity index (χ1v) is 5.30. The van der Waals surface area contributed by atoms with Crippen LogP contribution in [-0.2, 0) is 0 Å². The van der Waals surface area contributed by atoms with E-state index < -0.39 is 0 Å². The molecule has 1 aromatic rings. The zero-order valence-corrected chi connectivity index (χ0v) is 9.25. The smallest absolute Gasteiger partial charge is 0.123 e. The van der Waals surface area contributed by atoms with Gasteiger partial charge < -0.3 is 14.8 Å². The lowest BCUT2D eigenvalue weighted by Gasteiger charge is -2.15. The minimum absolute atomic E-state index is 0.412. The van der Waals surface area contributed by atoms with Gasteiger partial charge in [-0.05, 0) is 37.6 Å². The number of hydrogen-bond donors (Lipinski definition) is 1. The third-order valence-corrected chi connectivity index (χ3v) is 2.87. The van der Waals surface area contributed by atoms with Crippen LogP contribution in [0.5, 0.6) is 11.5 Å². The molecule has 2 rings (SSSR count). The number of ether oxygens (including phenoxy) is 2. The van der Waals surface area contributed by atoms with Gasteiger partial charge in [-0.15, -0.1) is 0 Å². The van der Waals surface area contributed by atoms with Crippen molar-refractivity contribution in [3.8, 4) is 11.5 Å². The summed E-state index contributed by atoms with van der Waals surface area (Å²) in [5.41, 5.74) is 1.20. The number of benzene rings is 1. The van der Waals surface area contributed by atoms with Gasteiger partial charge in [0.1, 0.15) is 11.5 Å². The lowest BCUT2D eigenvalue weighted by atomic mass is 10.0. The van der Waals surface area contributed by atoms with Gasteiger partial charge in [-0.3, -0.25) is 0 Å². The van der Waals surface area contributed by atoms with E-state index in [0.29, 0.717) is 6.04 Å². The van der Waals surface area contributed by atoms with Crippen LogP contribution >= 0.6 is 0 Å². The van der Waals surface area contributed by atoms with Crippen molar-refractivity contribution in [2.75, 3.05) is 20.8 Å². The number of hydrogen-bond acceptors (Lipinski definition) is 3. The Balaban J connectivity index is 2.32. The van der Waals surface area contributed by atoms with E-state index in [0.717, 1.165) is 18.0 Å². The molecule has 1 saturated heterocycles. The number of methoxy groups -OCH3 is 2. The average Bonchev–Trinajstić information content (AvgIpc) is 2.81. The van der Waals surface area contributed by atoms with Crippen LogP contribution in [0.15, 0.2) is 18.2 Å². The normalized spacial score (nSPS) is 20.3. The molecule has 0 unspecified atom stereocenters. The quantitative estimate of drug-likeness (QED) is 0.823. The van der Waals surface area contributed by atoms with Crippen LogP contribution in [0, 0.1) is 0 Å². The average molecular weight is 207 g/mol. The van der Waals surface area contributed by atoms with Gasteiger partial charge in [0, 0.05) is 11.6 Å². The van der Waals surface area contributed by atoms with E-state index in [-0.39, 0.29) is 0 Å². The molecule has 0 aliphatic carbocycles. The van der Waals surface area contributed by atoms with E-state index in [1.165, 1.54) is 18.4 Å². The molecule has 1 aliphatic heterocycles. The highest BCUT2D eigenvalue weighted by Gasteiger charge is 2.20. The molecule has 0 saturated carbocycles. The van der Waals surface area contributed by atoms with Gasteiger partial charge in [-0.2, -0.15) is 0 Å². The van der Waals surface area contributed by atoms with Crippen molar-refractivity contribution in [2.45, 2.75) is 18.9 Å². The summed E-state index contributed by atoms with van der Waals surface area (Å²) in [5, 5.41) is 3.46. The predicted octanol–water partition coefficient (Wildman–Crippen LogP) is 2.13. The van der Waals surface area contributed by atoms with E-state index in [1.54, 1.807) is 14.2 Å². The summed E-state index contributed by atoms with van der Waals surface area (Å²) in [7, 11) is 3.40. The molecule has 1 atom stereocenters. The van der Waals surface area contributed by atoms with Crippen molar-refractivity contribution >= 4 is 0 Å². The van der Waals surface area contributed by atoms with Crippen LogP contribution in [-0.4, -0.2) is 20.8 Å². The highest BCUT2D eigenvalue weighted by molar-refractivity contribution is 5.42. The topological polar surface area (TPSA) is 30.5 Å². The molecule has 0 radical (unpaired) electrons. The maximum absolute atomic E-state index is 5.36. The Kier molecular flexibility index (Phi) is 3.11. The molecule has 15 heavy (non-hydrogen) atoms.